The van der Waals surface area contributed by atoms with E-state index in [1.54, 1.807) is 19.2 Å². The van der Waals surface area contributed by atoms with Gasteiger partial charge in [-0.3, -0.25) is 4.79 Å². The first kappa shape index (κ1) is 22.7. The number of para-hydroxylation sites is 1. The first-order valence-corrected chi connectivity index (χ1v) is 11.3. The van der Waals surface area contributed by atoms with Gasteiger partial charge in [0, 0.05) is 34.2 Å². The Morgan fingerprint density at radius 1 is 1.06 bits per heavy atom. The molecule has 0 fully saturated rings. The fraction of sp³-hybridized carbons (Fsp3) is 0.222. The number of ether oxygens (including phenoxy) is 2. The summed E-state index contributed by atoms with van der Waals surface area (Å²) in [7, 11) is 1.64. The molecule has 1 N–H and O–H groups in total. The molecule has 0 aliphatic carbocycles. The second-order valence-corrected chi connectivity index (χ2v) is 8.25. The quantitative estimate of drug-likeness (QED) is 0.341. The fourth-order valence-electron chi connectivity index (χ4n) is 4.07. The van der Waals surface area contributed by atoms with Crippen LogP contribution in [0.5, 0.6) is 11.5 Å². The van der Waals surface area contributed by atoms with E-state index in [0.717, 1.165) is 33.3 Å². The Morgan fingerprint density at radius 2 is 1.79 bits per heavy atom. The van der Waals surface area contributed by atoms with Gasteiger partial charge in [0.1, 0.15) is 11.5 Å². The molecule has 0 saturated heterocycles. The van der Waals surface area contributed by atoms with Crippen LogP contribution in [0.4, 0.5) is 0 Å². The molecule has 1 atom stereocenters. The number of H-pyrrole nitrogens is 1. The molecule has 1 amide bonds. The van der Waals surface area contributed by atoms with Crippen LogP contribution in [-0.4, -0.2) is 36.1 Å². The number of halogens is 1. The first-order chi connectivity index (χ1) is 16.0. The van der Waals surface area contributed by atoms with Crippen molar-refractivity contribution in [2.24, 2.45) is 0 Å². The van der Waals surface area contributed by atoms with E-state index in [0.29, 0.717) is 17.3 Å². The lowest BCUT2D eigenvalue weighted by molar-refractivity contribution is -0.134. The lowest BCUT2D eigenvalue weighted by atomic mass is 9.96. The number of nitrogens with one attached hydrogen (secondary N) is 1. The molecular formula is C27H27ClN2O3. The molecule has 3 aromatic carbocycles. The minimum atomic E-state index is -0.278. The van der Waals surface area contributed by atoms with E-state index in [4.69, 9.17) is 21.1 Å². The highest BCUT2D eigenvalue weighted by Crippen LogP contribution is 2.34. The van der Waals surface area contributed by atoms with E-state index < -0.39 is 0 Å². The Morgan fingerprint density at radius 3 is 2.48 bits per heavy atom. The summed E-state index contributed by atoms with van der Waals surface area (Å²) in [5.74, 6) is 1.29. The van der Waals surface area contributed by atoms with Gasteiger partial charge in [0.25, 0.3) is 5.91 Å². The second kappa shape index (κ2) is 10.0. The zero-order chi connectivity index (χ0) is 23.4. The third-order valence-corrected chi connectivity index (χ3v) is 6.24. The number of rotatable bonds is 8. The highest BCUT2D eigenvalue weighted by Gasteiger charge is 2.28. The lowest BCUT2D eigenvalue weighted by Gasteiger charge is -2.31. The maximum atomic E-state index is 13.4. The van der Waals surface area contributed by atoms with E-state index in [2.05, 4.69) is 11.1 Å². The summed E-state index contributed by atoms with van der Waals surface area (Å²) in [4.78, 5) is 18.6. The molecule has 0 spiro atoms. The number of nitrogens with zero attached hydrogens (tertiary/aromatic N) is 1. The van der Waals surface area contributed by atoms with Gasteiger partial charge in [-0.2, -0.15) is 0 Å². The number of fused-ring (bicyclic) bond motifs is 1. The number of hydrogen-bond donors (Lipinski definition) is 1. The summed E-state index contributed by atoms with van der Waals surface area (Å²) < 4.78 is 11.2. The third kappa shape index (κ3) is 4.83. The molecule has 4 aromatic rings. The number of aryl methyl sites for hydroxylation is 1. The monoisotopic (exact) mass is 462 g/mol. The van der Waals surface area contributed by atoms with Gasteiger partial charge in [0.05, 0.1) is 13.2 Å². The number of carbonyl (C=O) groups excluding carboxylic acids is 1. The Balaban J connectivity index is 1.67. The van der Waals surface area contributed by atoms with Crippen molar-refractivity contribution in [2.45, 2.75) is 19.9 Å². The van der Waals surface area contributed by atoms with Crippen molar-refractivity contribution in [3.05, 3.63) is 94.6 Å². The van der Waals surface area contributed by atoms with Crippen LogP contribution >= 0.6 is 11.6 Å². The smallest absolute Gasteiger partial charge is 0.261 e. The zero-order valence-electron chi connectivity index (χ0n) is 19.0. The van der Waals surface area contributed by atoms with Crippen LogP contribution in [0.3, 0.4) is 0 Å². The molecule has 33 heavy (non-hydrogen) atoms. The molecule has 0 bridgehead atoms. The van der Waals surface area contributed by atoms with Crippen LogP contribution in [0.1, 0.15) is 29.7 Å². The predicted molar refractivity (Wildman–Crippen MR) is 132 cm³/mol. The van der Waals surface area contributed by atoms with Gasteiger partial charge in [-0.25, -0.2) is 0 Å². The average molecular weight is 463 g/mol. The molecule has 5 nitrogen and oxygen atoms in total. The van der Waals surface area contributed by atoms with Crippen molar-refractivity contribution in [3.8, 4) is 11.5 Å². The number of hydrogen-bond acceptors (Lipinski definition) is 3. The number of methoxy groups -OCH3 is 1. The largest absolute Gasteiger partial charge is 0.497 e. The van der Waals surface area contributed by atoms with E-state index in [1.165, 1.54) is 0 Å². The molecule has 6 heteroatoms. The standard InChI is InChI=1S/C27H27ClN2O3/c1-4-30(26(31)17-33-21-13-14-24(28)18(2)15-21)27(19-9-11-20(32-3)12-10-19)23-16-29-25-8-6-5-7-22(23)25/h5-16,27,29H,4,17H2,1-3H3. The van der Waals surface area contributed by atoms with E-state index in [1.807, 2.05) is 73.5 Å². The molecule has 4 rings (SSSR count). The topological polar surface area (TPSA) is 54.6 Å². The second-order valence-electron chi connectivity index (χ2n) is 7.84. The third-order valence-electron chi connectivity index (χ3n) is 5.81. The van der Waals surface area contributed by atoms with Crippen LogP contribution in [0.15, 0.2) is 72.9 Å². The molecule has 0 saturated carbocycles. The van der Waals surface area contributed by atoms with E-state index in [9.17, 15) is 4.79 Å². The highest BCUT2D eigenvalue weighted by molar-refractivity contribution is 6.31. The predicted octanol–water partition coefficient (Wildman–Crippen LogP) is 6.16. The Bertz CT molecular complexity index is 1250. The molecule has 1 heterocycles. The molecule has 1 unspecified atom stereocenters. The van der Waals surface area contributed by atoms with Crippen molar-refractivity contribution in [1.82, 2.24) is 9.88 Å². The van der Waals surface area contributed by atoms with Gasteiger partial charge in [0.15, 0.2) is 6.61 Å². The molecule has 170 valence electrons. The first-order valence-electron chi connectivity index (χ1n) is 10.9. The van der Waals surface area contributed by atoms with Crippen LogP contribution < -0.4 is 9.47 Å². The Labute approximate surface area is 198 Å². The van der Waals surface area contributed by atoms with Crippen molar-refractivity contribution >= 4 is 28.4 Å². The summed E-state index contributed by atoms with van der Waals surface area (Å²) in [6.07, 6.45) is 1.99. The van der Waals surface area contributed by atoms with Crippen LogP contribution in [0, 0.1) is 6.92 Å². The van der Waals surface area contributed by atoms with Crippen molar-refractivity contribution in [2.75, 3.05) is 20.3 Å². The molecule has 1 aromatic heterocycles. The van der Waals surface area contributed by atoms with E-state index >= 15 is 0 Å². The van der Waals surface area contributed by atoms with Gasteiger partial charge in [-0.05, 0) is 61.4 Å². The lowest BCUT2D eigenvalue weighted by Crippen LogP contribution is -2.38. The van der Waals surface area contributed by atoms with Crippen LogP contribution in [0.25, 0.3) is 10.9 Å². The summed E-state index contributed by atoms with van der Waals surface area (Å²) in [6.45, 7) is 4.35. The van der Waals surface area contributed by atoms with Crippen molar-refractivity contribution in [1.29, 1.82) is 0 Å². The number of likely N-dealkylation sites (N-methyl/N-ethyl adjacent to an activating group) is 1. The maximum Gasteiger partial charge on any atom is 0.261 e. The van der Waals surface area contributed by atoms with Crippen LogP contribution in [0.2, 0.25) is 5.02 Å². The summed E-state index contributed by atoms with van der Waals surface area (Å²) >= 11 is 6.11. The van der Waals surface area contributed by atoms with Gasteiger partial charge < -0.3 is 19.4 Å². The number of aromatic amines is 1. The summed E-state index contributed by atoms with van der Waals surface area (Å²) in [5.41, 5.74) is 3.97. The van der Waals surface area contributed by atoms with Crippen molar-refractivity contribution < 1.29 is 14.3 Å². The fourth-order valence-corrected chi connectivity index (χ4v) is 4.19. The zero-order valence-corrected chi connectivity index (χ0v) is 19.7. The van der Waals surface area contributed by atoms with Crippen molar-refractivity contribution in [3.63, 3.8) is 0 Å². The van der Waals surface area contributed by atoms with E-state index in [-0.39, 0.29) is 18.6 Å². The van der Waals surface area contributed by atoms with Gasteiger partial charge in [0.2, 0.25) is 0 Å². The average Bonchev–Trinajstić information content (AvgIpc) is 3.27. The molecule has 0 radical (unpaired) electrons. The summed E-state index contributed by atoms with van der Waals surface area (Å²) in [5, 5.41) is 1.75. The van der Waals surface area contributed by atoms with Gasteiger partial charge >= 0.3 is 0 Å². The normalized spacial score (nSPS) is 11.9. The summed E-state index contributed by atoms with van der Waals surface area (Å²) in [6, 6.07) is 21.1. The highest BCUT2D eigenvalue weighted by atomic mass is 35.5. The number of carbonyl (C=O) groups is 1. The number of aromatic nitrogens is 1. The Kier molecular flexibility index (Phi) is 6.90. The Hall–Kier alpha value is -3.44. The molecular weight excluding hydrogens is 436 g/mol. The minimum absolute atomic E-state index is 0.0656. The minimum Gasteiger partial charge on any atom is -0.497 e. The number of benzene rings is 3. The van der Waals surface area contributed by atoms with Gasteiger partial charge in [-0.15, -0.1) is 0 Å². The molecule has 0 aliphatic rings. The van der Waals surface area contributed by atoms with Gasteiger partial charge in [-0.1, -0.05) is 41.9 Å². The SMILES string of the molecule is CCN(C(=O)COc1ccc(Cl)c(C)c1)C(c1ccc(OC)cc1)c1c[nH]c2ccccc12. The molecule has 0 aliphatic heterocycles. The number of amides is 1. The van der Waals surface area contributed by atoms with Crippen LogP contribution in [-0.2, 0) is 4.79 Å². The maximum absolute atomic E-state index is 13.4.